The van der Waals surface area contributed by atoms with Gasteiger partial charge in [0.2, 0.25) is 0 Å². The Hall–Kier alpha value is -1.56. The van der Waals surface area contributed by atoms with Gasteiger partial charge in [-0.1, -0.05) is 32.1 Å². The number of aliphatic hydroxyl groups excluding tert-OH is 1. The molecule has 3 aliphatic carbocycles. The first-order valence-electron chi connectivity index (χ1n) is 10.1. The molecule has 2 N–H and O–H groups in total. The molecule has 4 atom stereocenters. The van der Waals surface area contributed by atoms with Crippen molar-refractivity contribution < 1.29 is 19.3 Å². The molecule has 2 bridgehead atoms. The normalized spacial score (nSPS) is 28.9. The van der Waals surface area contributed by atoms with E-state index in [-0.39, 0.29) is 6.10 Å². The van der Waals surface area contributed by atoms with Crippen LogP contribution in [0.25, 0.3) is 0 Å². The van der Waals surface area contributed by atoms with Gasteiger partial charge in [0, 0.05) is 13.1 Å². The molecule has 1 saturated carbocycles. The molecule has 1 fully saturated rings. The van der Waals surface area contributed by atoms with E-state index in [0.29, 0.717) is 44.2 Å². The van der Waals surface area contributed by atoms with Crippen molar-refractivity contribution in [3.8, 4) is 11.5 Å². The van der Waals surface area contributed by atoms with Crippen molar-refractivity contribution in [1.82, 2.24) is 5.32 Å². The van der Waals surface area contributed by atoms with Gasteiger partial charge in [-0.2, -0.15) is 0 Å². The number of hydrogen-bond acceptors (Lipinski definition) is 5. The Balaban J connectivity index is 1.12. The second-order valence-electron chi connectivity index (χ2n) is 8.65. The van der Waals surface area contributed by atoms with Gasteiger partial charge < -0.3 is 24.6 Å². The number of fused-ring (bicyclic) bond motifs is 2. The number of allylic oxidation sites excluding steroid dienone is 1. The van der Waals surface area contributed by atoms with Gasteiger partial charge in [0.1, 0.15) is 12.7 Å². The predicted molar refractivity (Wildman–Crippen MR) is 104 cm³/mol. The number of aliphatic hydroxyl groups is 1. The van der Waals surface area contributed by atoms with Crippen LogP contribution in [0.15, 0.2) is 35.9 Å². The molecule has 1 aromatic rings. The summed E-state index contributed by atoms with van der Waals surface area (Å²) in [7, 11) is 0. The van der Waals surface area contributed by atoms with Crippen molar-refractivity contribution in [2.24, 2.45) is 17.3 Å². The van der Waals surface area contributed by atoms with E-state index in [1.165, 1.54) is 18.4 Å². The fraction of sp³-hybridized carbons (Fsp3) is 0.636. The Bertz CT molecular complexity index is 687. The van der Waals surface area contributed by atoms with Crippen LogP contribution in [0, 0.1) is 17.3 Å². The maximum Gasteiger partial charge on any atom is 0.161 e. The average Bonchev–Trinajstić information content (AvgIpc) is 2.68. The molecule has 1 aliphatic heterocycles. The lowest BCUT2D eigenvalue weighted by Crippen LogP contribution is -2.48. The third-order valence-corrected chi connectivity index (χ3v) is 6.48. The highest BCUT2D eigenvalue weighted by Crippen LogP contribution is 2.59. The van der Waals surface area contributed by atoms with E-state index in [1.807, 2.05) is 24.3 Å². The van der Waals surface area contributed by atoms with Gasteiger partial charge in [0.05, 0.1) is 19.3 Å². The highest BCUT2D eigenvalue weighted by molar-refractivity contribution is 5.40. The summed E-state index contributed by atoms with van der Waals surface area (Å²) >= 11 is 0. The molecular weight excluding hydrogens is 342 g/mol. The van der Waals surface area contributed by atoms with Gasteiger partial charge >= 0.3 is 0 Å². The molecule has 0 radical (unpaired) electrons. The van der Waals surface area contributed by atoms with Gasteiger partial charge in [-0.25, -0.2) is 0 Å². The summed E-state index contributed by atoms with van der Waals surface area (Å²) in [6.07, 6.45) is 4.27. The van der Waals surface area contributed by atoms with Crippen molar-refractivity contribution in [3.63, 3.8) is 0 Å². The largest absolute Gasteiger partial charge is 0.486 e. The smallest absolute Gasteiger partial charge is 0.161 e. The second-order valence-corrected chi connectivity index (χ2v) is 8.65. The van der Waals surface area contributed by atoms with Crippen LogP contribution in [0.5, 0.6) is 11.5 Å². The second kappa shape index (κ2) is 7.82. The van der Waals surface area contributed by atoms with Crippen molar-refractivity contribution in [2.45, 2.75) is 38.9 Å². The first-order chi connectivity index (χ1) is 13.0. The van der Waals surface area contributed by atoms with E-state index in [2.05, 4.69) is 25.2 Å². The van der Waals surface area contributed by atoms with Crippen LogP contribution in [-0.2, 0) is 4.74 Å². The van der Waals surface area contributed by atoms with Crippen LogP contribution in [0.4, 0.5) is 0 Å². The molecule has 5 nitrogen and oxygen atoms in total. The fourth-order valence-electron chi connectivity index (χ4n) is 4.59. The third-order valence-electron chi connectivity index (χ3n) is 6.48. The van der Waals surface area contributed by atoms with Crippen LogP contribution in [0.3, 0.4) is 0 Å². The van der Waals surface area contributed by atoms with Crippen LogP contribution < -0.4 is 14.8 Å². The first-order valence-corrected chi connectivity index (χ1v) is 10.1. The zero-order valence-electron chi connectivity index (χ0n) is 16.3. The lowest BCUT2D eigenvalue weighted by atomic mass is 9.49. The van der Waals surface area contributed by atoms with E-state index >= 15 is 0 Å². The summed E-state index contributed by atoms with van der Waals surface area (Å²) < 4.78 is 17.4. The number of para-hydroxylation sites is 2. The summed E-state index contributed by atoms with van der Waals surface area (Å²) in [5, 5.41) is 13.4. The fourth-order valence-corrected chi connectivity index (χ4v) is 4.59. The zero-order chi connectivity index (χ0) is 18.9. The quantitative estimate of drug-likeness (QED) is 0.686. The van der Waals surface area contributed by atoms with E-state index in [0.717, 1.165) is 17.4 Å². The predicted octanol–water partition coefficient (Wildman–Crippen LogP) is 2.79. The lowest BCUT2D eigenvalue weighted by Gasteiger charge is -2.56. The van der Waals surface area contributed by atoms with Gasteiger partial charge in [0.25, 0.3) is 0 Å². The number of ether oxygens (including phenoxy) is 3. The standard InChI is InChI=1S/C22H31NO4/c1-22(2)16-8-7-15(19(22)9-16)12-25-13-17(24)10-23-11-18-14-26-20-5-3-4-6-21(20)27-18/h3-7,16-19,23-24H,8-14H2,1-2H3/t16-,17+,18-,19+/m0/s1. The van der Waals surface area contributed by atoms with Crippen LogP contribution in [0.1, 0.15) is 26.7 Å². The van der Waals surface area contributed by atoms with Gasteiger partial charge in [-0.15, -0.1) is 0 Å². The lowest BCUT2D eigenvalue weighted by molar-refractivity contribution is -0.0237. The number of hydrogen-bond donors (Lipinski definition) is 2. The Labute approximate surface area is 161 Å². The van der Waals surface area contributed by atoms with Crippen molar-refractivity contribution in [1.29, 1.82) is 0 Å². The topological polar surface area (TPSA) is 60.0 Å². The summed E-state index contributed by atoms with van der Waals surface area (Å²) in [5.41, 5.74) is 1.85. The molecule has 5 rings (SSSR count). The molecule has 1 aromatic carbocycles. The van der Waals surface area contributed by atoms with Crippen LogP contribution in [0.2, 0.25) is 0 Å². The van der Waals surface area contributed by atoms with Crippen molar-refractivity contribution >= 4 is 0 Å². The van der Waals surface area contributed by atoms with Crippen LogP contribution in [-0.4, -0.2) is 50.2 Å². The van der Waals surface area contributed by atoms with E-state index in [9.17, 15) is 5.11 Å². The van der Waals surface area contributed by atoms with Crippen LogP contribution >= 0.6 is 0 Å². The Morgan fingerprint density at radius 2 is 2.11 bits per heavy atom. The van der Waals surface area contributed by atoms with Gasteiger partial charge in [-0.05, 0) is 47.8 Å². The first kappa shape index (κ1) is 18.8. The average molecular weight is 373 g/mol. The molecule has 148 valence electrons. The van der Waals surface area contributed by atoms with Gasteiger partial charge in [0.15, 0.2) is 11.5 Å². The summed E-state index contributed by atoms with van der Waals surface area (Å²) in [5.74, 6) is 3.08. The molecule has 0 aromatic heterocycles. The third kappa shape index (κ3) is 4.00. The Morgan fingerprint density at radius 1 is 1.30 bits per heavy atom. The minimum Gasteiger partial charge on any atom is -0.486 e. The molecule has 4 aliphatic rings. The molecule has 0 saturated heterocycles. The summed E-state index contributed by atoms with van der Waals surface area (Å²) in [6.45, 7) is 7.37. The number of nitrogens with one attached hydrogen (secondary N) is 1. The maximum absolute atomic E-state index is 10.2. The summed E-state index contributed by atoms with van der Waals surface area (Å²) in [4.78, 5) is 0. The minimum atomic E-state index is -0.520. The SMILES string of the molecule is CC1(C)[C@H]2CC=C(COC[C@H](O)CNC[C@H]3COc4ccccc4O3)[C@H]1C2. The highest BCUT2D eigenvalue weighted by Gasteiger charge is 2.50. The Kier molecular flexibility index (Phi) is 5.44. The molecule has 5 heteroatoms. The van der Waals surface area contributed by atoms with Gasteiger partial charge in [-0.3, -0.25) is 0 Å². The maximum atomic E-state index is 10.2. The van der Waals surface area contributed by atoms with E-state index < -0.39 is 6.10 Å². The van der Waals surface area contributed by atoms with E-state index in [1.54, 1.807) is 0 Å². The molecule has 0 spiro atoms. The molecule has 0 unspecified atom stereocenters. The molecular formula is C22H31NO4. The monoisotopic (exact) mass is 373 g/mol. The zero-order valence-corrected chi connectivity index (χ0v) is 16.3. The summed E-state index contributed by atoms with van der Waals surface area (Å²) in [6, 6.07) is 7.69. The van der Waals surface area contributed by atoms with E-state index in [4.69, 9.17) is 14.2 Å². The number of rotatable bonds is 8. The molecule has 1 heterocycles. The minimum absolute atomic E-state index is 0.0470. The molecule has 0 amide bonds. The van der Waals surface area contributed by atoms with Crippen molar-refractivity contribution in [2.75, 3.05) is 32.9 Å². The highest BCUT2D eigenvalue weighted by atomic mass is 16.6. The number of benzene rings is 1. The Morgan fingerprint density at radius 3 is 2.89 bits per heavy atom. The van der Waals surface area contributed by atoms with Crippen molar-refractivity contribution in [3.05, 3.63) is 35.9 Å². The molecule has 27 heavy (non-hydrogen) atoms.